The Bertz CT molecular complexity index is 558. The van der Waals surface area contributed by atoms with Gasteiger partial charge in [0.25, 0.3) is 5.69 Å². The summed E-state index contributed by atoms with van der Waals surface area (Å²) < 4.78 is 2.10. The Morgan fingerprint density at radius 3 is 2.78 bits per heavy atom. The van der Waals surface area contributed by atoms with Crippen LogP contribution in [0.2, 0.25) is 0 Å². The van der Waals surface area contributed by atoms with Crippen molar-refractivity contribution in [3.63, 3.8) is 0 Å². The van der Waals surface area contributed by atoms with Crippen molar-refractivity contribution in [2.24, 2.45) is 5.92 Å². The number of nitro benzene ring substituents is 1. The van der Waals surface area contributed by atoms with E-state index in [1.807, 2.05) is 18.3 Å². The van der Waals surface area contributed by atoms with Crippen LogP contribution in [0.25, 0.3) is 10.9 Å². The van der Waals surface area contributed by atoms with E-state index in [0.717, 1.165) is 23.9 Å². The quantitative estimate of drug-likeness (QED) is 0.591. The van der Waals surface area contributed by atoms with Gasteiger partial charge in [-0.15, -0.1) is 0 Å². The Hall–Kier alpha value is -1.84. The molecule has 0 unspecified atom stereocenters. The van der Waals surface area contributed by atoms with Gasteiger partial charge in [-0.2, -0.15) is 0 Å². The second kappa shape index (κ2) is 5.21. The van der Waals surface area contributed by atoms with Crippen molar-refractivity contribution < 1.29 is 4.92 Å². The van der Waals surface area contributed by atoms with Crippen molar-refractivity contribution >= 4 is 16.6 Å². The fourth-order valence-corrected chi connectivity index (χ4v) is 2.23. The van der Waals surface area contributed by atoms with Gasteiger partial charge >= 0.3 is 0 Å². The van der Waals surface area contributed by atoms with E-state index in [0.29, 0.717) is 5.92 Å². The zero-order chi connectivity index (χ0) is 13.1. The summed E-state index contributed by atoms with van der Waals surface area (Å²) in [6.07, 6.45) is 4.22. The van der Waals surface area contributed by atoms with Crippen LogP contribution in [-0.4, -0.2) is 9.49 Å². The molecular weight excluding hydrogens is 228 g/mol. The first kappa shape index (κ1) is 12.6. The third-order valence-electron chi connectivity index (χ3n) is 3.17. The molecule has 96 valence electrons. The first-order valence-electron chi connectivity index (χ1n) is 6.32. The highest BCUT2D eigenvalue weighted by molar-refractivity contribution is 5.89. The van der Waals surface area contributed by atoms with Crippen LogP contribution in [0.4, 0.5) is 5.69 Å². The van der Waals surface area contributed by atoms with Crippen LogP contribution in [-0.2, 0) is 6.54 Å². The highest BCUT2D eigenvalue weighted by Gasteiger charge is 2.13. The summed E-state index contributed by atoms with van der Waals surface area (Å²) in [5.74, 6) is 0.696. The van der Waals surface area contributed by atoms with Gasteiger partial charge in [0.2, 0.25) is 0 Å². The van der Waals surface area contributed by atoms with Crippen molar-refractivity contribution in [1.29, 1.82) is 0 Å². The predicted molar refractivity (Wildman–Crippen MR) is 72.7 cm³/mol. The molecule has 2 aromatic rings. The average molecular weight is 246 g/mol. The van der Waals surface area contributed by atoms with Crippen LogP contribution >= 0.6 is 0 Å². The first-order chi connectivity index (χ1) is 8.59. The van der Waals surface area contributed by atoms with Crippen LogP contribution in [0.15, 0.2) is 30.5 Å². The number of nitrogens with zero attached hydrogens (tertiary/aromatic N) is 2. The summed E-state index contributed by atoms with van der Waals surface area (Å²) in [5.41, 5.74) is 1.14. The Labute approximate surface area is 106 Å². The van der Waals surface area contributed by atoms with Gasteiger partial charge in [0, 0.05) is 18.8 Å². The Kier molecular flexibility index (Phi) is 3.65. The Balaban J connectivity index is 2.26. The molecule has 0 aliphatic heterocycles. The van der Waals surface area contributed by atoms with Crippen LogP contribution in [0.1, 0.15) is 26.7 Å². The fourth-order valence-electron chi connectivity index (χ4n) is 2.23. The number of non-ortho nitro benzene ring substituents is 1. The highest BCUT2D eigenvalue weighted by atomic mass is 16.6. The second-order valence-corrected chi connectivity index (χ2v) is 5.01. The number of nitro groups is 1. The second-order valence-electron chi connectivity index (χ2n) is 5.01. The van der Waals surface area contributed by atoms with Gasteiger partial charge in [-0.3, -0.25) is 10.1 Å². The zero-order valence-corrected chi connectivity index (χ0v) is 10.8. The maximum atomic E-state index is 10.9. The van der Waals surface area contributed by atoms with Crippen molar-refractivity contribution in [1.82, 2.24) is 4.57 Å². The topological polar surface area (TPSA) is 48.1 Å². The fraction of sp³-hybridized carbons (Fsp3) is 0.429. The lowest BCUT2D eigenvalue weighted by molar-refractivity contribution is -0.383. The van der Waals surface area contributed by atoms with E-state index in [1.54, 1.807) is 12.1 Å². The smallest absolute Gasteiger partial charge is 0.278 e. The SMILES string of the molecule is CC(C)CCCn1ccc2c([N+](=O)[O-])cccc21. The number of hydrogen-bond donors (Lipinski definition) is 0. The van der Waals surface area contributed by atoms with Crippen LogP contribution in [0.3, 0.4) is 0 Å². The van der Waals surface area contributed by atoms with E-state index in [1.165, 1.54) is 6.42 Å². The van der Waals surface area contributed by atoms with Gasteiger partial charge in [0.15, 0.2) is 0 Å². The average Bonchev–Trinajstić information content (AvgIpc) is 2.72. The lowest BCUT2D eigenvalue weighted by atomic mass is 10.1. The summed E-state index contributed by atoms with van der Waals surface area (Å²) in [5, 5.41) is 11.7. The molecule has 1 aromatic heterocycles. The first-order valence-corrected chi connectivity index (χ1v) is 6.32. The molecule has 2 rings (SSSR count). The molecule has 0 spiro atoms. The lowest BCUT2D eigenvalue weighted by Crippen LogP contribution is -1.98. The van der Waals surface area contributed by atoms with E-state index >= 15 is 0 Å². The van der Waals surface area contributed by atoms with E-state index in [4.69, 9.17) is 0 Å². The predicted octanol–water partition coefficient (Wildman–Crippen LogP) is 3.99. The van der Waals surface area contributed by atoms with E-state index < -0.39 is 0 Å². The highest BCUT2D eigenvalue weighted by Crippen LogP contribution is 2.26. The molecule has 0 amide bonds. The lowest BCUT2D eigenvalue weighted by Gasteiger charge is -2.07. The molecule has 1 aromatic carbocycles. The standard InChI is InChI=1S/C14H18N2O2/c1-11(2)5-4-9-15-10-8-12-13(15)6-3-7-14(12)16(17)18/h3,6-8,10-11H,4-5,9H2,1-2H3. The molecule has 4 nitrogen and oxygen atoms in total. The minimum atomic E-state index is -0.319. The van der Waals surface area contributed by atoms with Gasteiger partial charge in [0.05, 0.1) is 15.8 Å². The van der Waals surface area contributed by atoms with Crippen molar-refractivity contribution in [2.45, 2.75) is 33.2 Å². The van der Waals surface area contributed by atoms with E-state index in [9.17, 15) is 10.1 Å². The van der Waals surface area contributed by atoms with Gasteiger partial charge in [0.1, 0.15) is 0 Å². The maximum absolute atomic E-state index is 10.9. The molecule has 4 heteroatoms. The number of rotatable bonds is 5. The number of benzene rings is 1. The van der Waals surface area contributed by atoms with Gasteiger partial charge in [-0.25, -0.2) is 0 Å². The molecule has 0 aliphatic carbocycles. The van der Waals surface area contributed by atoms with Gasteiger partial charge in [-0.05, 0) is 30.9 Å². The Morgan fingerprint density at radius 1 is 1.33 bits per heavy atom. The molecule has 0 saturated carbocycles. The van der Waals surface area contributed by atoms with E-state index in [-0.39, 0.29) is 10.6 Å². The zero-order valence-electron chi connectivity index (χ0n) is 10.8. The summed E-state index contributed by atoms with van der Waals surface area (Å²) >= 11 is 0. The van der Waals surface area contributed by atoms with Gasteiger partial charge < -0.3 is 4.57 Å². The van der Waals surface area contributed by atoms with Crippen molar-refractivity contribution in [2.75, 3.05) is 0 Å². The molecule has 1 heterocycles. The summed E-state index contributed by atoms with van der Waals surface area (Å²) in [4.78, 5) is 10.6. The number of aromatic nitrogens is 1. The molecule has 0 N–H and O–H groups in total. The summed E-state index contributed by atoms with van der Waals surface area (Å²) in [6.45, 7) is 5.33. The molecule has 0 atom stereocenters. The van der Waals surface area contributed by atoms with Crippen molar-refractivity contribution in [3.8, 4) is 0 Å². The molecule has 0 fully saturated rings. The molecule has 0 aliphatic rings. The van der Waals surface area contributed by atoms with Crippen LogP contribution < -0.4 is 0 Å². The van der Waals surface area contributed by atoms with Gasteiger partial charge in [-0.1, -0.05) is 19.9 Å². The third kappa shape index (κ3) is 2.53. The largest absolute Gasteiger partial charge is 0.347 e. The molecule has 0 saturated heterocycles. The maximum Gasteiger partial charge on any atom is 0.278 e. The van der Waals surface area contributed by atoms with E-state index in [2.05, 4.69) is 18.4 Å². The number of hydrogen-bond acceptors (Lipinski definition) is 2. The molecular formula is C14H18N2O2. The van der Waals surface area contributed by atoms with Crippen LogP contribution in [0, 0.1) is 16.0 Å². The number of aryl methyl sites for hydroxylation is 1. The third-order valence-corrected chi connectivity index (χ3v) is 3.17. The molecule has 0 radical (unpaired) electrons. The minimum absolute atomic E-state index is 0.190. The minimum Gasteiger partial charge on any atom is -0.347 e. The summed E-state index contributed by atoms with van der Waals surface area (Å²) in [7, 11) is 0. The molecule has 0 bridgehead atoms. The molecule has 18 heavy (non-hydrogen) atoms. The normalized spacial score (nSPS) is 11.3. The number of fused-ring (bicyclic) bond motifs is 1. The van der Waals surface area contributed by atoms with Crippen molar-refractivity contribution in [3.05, 3.63) is 40.6 Å². The monoisotopic (exact) mass is 246 g/mol. The Morgan fingerprint density at radius 2 is 2.11 bits per heavy atom. The summed E-state index contributed by atoms with van der Waals surface area (Å²) in [6, 6.07) is 7.08. The van der Waals surface area contributed by atoms with Crippen LogP contribution in [0.5, 0.6) is 0 Å².